The van der Waals surface area contributed by atoms with Crippen LogP contribution >= 0.6 is 24.0 Å². The Morgan fingerprint density at radius 1 is 1.24 bits per heavy atom. The van der Waals surface area contributed by atoms with Crippen LogP contribution in [0.1, 0.15) is 17.0 Å². The molecule has 0 amide bonds. The zero-order valence-corrected chi connectivity index (χ0v) is 13.6. The summed E-state index contributed by atoms with van der Waals surface area (Å²) in [6.45, 7) is 1.02. The Morgan fingerprint density at radius 3 is 2.67 bits per heavy atom. The van der Waals surface area contributed by atoms with E-state index >= 15 is 0 Å². The van der Waals surface area contributed by atoms with Crippen LogP contribution in [0.2, 0.25) is 0 Å². The largest absolute Gasteiger partial charge is 0.389 e. The van der Waals surface area contributed by atoms with Crippen molar-refractivity contribution in [1.82, 2.24) is 0 Å². The third-order valence-corrected chi connectivity index (χ3v) is 5.37. The first-order valence-corrected chi connectivity index (χ1v) is 8.37. The maximum Gasteiger partial charge on any atom is 0.103 e. The molecule has 2 aromatic carbocycles. The van der Waals surface area contributed by atoms with E-state index in [4.69, 9.17) is 18.0 Å². The van der Waals surface area contributed by atoms with Gasteiger partial charge in [-0.3, -0.25) is 0 Å². The first-order chi connectivity index (χ1) is 10.1. The summed E-state index contributed by atoms with van der Waals surface area (Å²) in [7, 11) is 2.14. The van der Waals surface area contributed by atoms with Crippen LogP contribution in [0.25, 0.3) is 0 Å². The minimum atomic E-state index is 0.449. The summed E-state index contributed by atoms with van der Waals surface area (Å²) in [6, 6.07) is 16.9. The lowest BCUT2D eigenvalue weighted by Crippen LogP contribution is -2.24. The molecule has 1 atom stereocenters. The number of fused-ring (bicyclic) bond motifs is 1. The number of likely N-dealkylation sites (N-methyl/N-ethyl adjacent to an activating group) is 1. The molecule has 108 valence electrons. The average molecular weight is 314 g/mol. The van der Waals surface area contributed by atoms with Crippen LogP contribution in [0.4, 0.5) is 5.69 Å². The molecule has 3 rings (SSSR count). The lowest BCUT2D eigenvalue weighted by atomic mass is 10.0. The van der Waals surface area contributed by atoms with Crippen LogP contribution in [0.3, 0.4) is 0 Å². The van der Waals surface area contributed by atoms with Gasteiger partial charge < -0.3 is 10.6 Å². The maximum absolute atomic E-state index is 5.64. The monoisotopic (exact) mass is 314 g/mol. The molecule has 1 heterocycles. The molecule has 1 unspecified atom stereocenters. The summed E-state index contributed by atoms with van der Waals surface area (Å²) in [5.41, 5.74) is 9.24. The summed E-state index contributed by atoms with van der Waals surface area (Å²) in [5.74, 6) is 1.75. The summed E-state index contributed by atoms with van der Waals surface area (Å²) >= 11 is 6.95. The molecular weight excluding hydrogens is 296 g/mol. The second-order valence-corrected chi connectivity index (χ2v) is 6.84. The highest BCUT2D eigenvalue weighted by molar-refractivity contribution is 7.99. The lowest BCUT2D eigenvalue weighted by Gasteiger charge is -2.23. The van der Waals surface area contributed by atoms with Gasteiger partial charge in [-0.1, -0.05) is 30.4 Å². The third-order valence-electron chi connectivity index (χ3n) is 3.89. The molecule has 0 fully saturated rings. The first-order valence-electron chi connectivity index (χ1n) is 6.98. The molecule has 1 aliphatic heterocycles. The van der Waals surface area contributed by atoms with Gasteiger partial charge in [0.15, 0.2) is 0 Å². The van der Waals surface area contributed by atoms with Crippen molar-refractivity contribution in [3.05, 3.63) is 59.7 Å². The number of thiocarbonyl (C=S) groups is 1. The summed E-state index contributed by atoms with van der Waals surface area (Å²) in [6.07, 6.45) is 0. The quantitative estimate of drug-likeness (QED) is 0.872. The Hall–Kier alpha value is -1.52. The van der Waals surface area contributed by atoms with E-state index in [0.29, 0.717) is 10.9 Å². The van der Waals surface area contributed by atoms with Gasteiger partial charge in [0.1, 0.15) is 4.99 Å². The predicted octanol–water partition coefficient (Wildman–Crippen LogP) is 3.65. The molecule has 4 heteroatoms. The molecular formula is C17H18N2S2. The molecule has 0 spiro atoms. The number of benzene rings is 2. The highest BCUT2D eigenvalue weighted by Gasteiger charge is 2.23. The Bertz CT molecular complexity index is 652. The Labute approximate surface area is 135 Å². The van der Waals surface area contributed by atoms with Gasteiger partial charge in [-0.05, 0) is 35.9 Å². The molecule has 0 aliphatic carbocycles. The average Bonchev–Trinajstić information content (AvgIpc) is 2.91. The van der Waals surface area contributed by atoms with Gasteiger partial charge in [-0.25, -0.2) is 0 Å². The molecule has 0 saturated heterocycles. The number of thioether (sulfide) groups is 1. The number of nitrogens with zero attached hydrogens (tertiary/aromatic N) is 1. The molecule has 21 heavy (non-hydrogen) atoms. The zero-order valence-electron chi connectivity index (χ0n) is 12.0. The molecule has 0 bridgehead atoms. The van der Waals surface area contributed by atoms with Crippen molar-refractivity contribution in [1.29, 1.82) is 0 Å². The van der Waals surface area contributed by atoms with Crippen LogP contribution in [0.15, 0.2) is 53.4 Å². The fourth-order valence-electron chi connectivity index (χ4n) is 2.70. The topological polar surface area (TPSA) is 29.3 Å². The van der Waals surface area contributed by atoms with Gasteiger partial charge >= 0.3 is 0 Å². The summed E-state index contributed by atoms with van der Waals surface area (Å²) < 4.78 is 0. The van der Waals surface area contributed by atoms with Crippen molar-refractivity contribution in [2.45, 2.75) is 10.8 Å². The van der Waals surface area contributed by atoms with Gasteiger partial charge in [-0.2, -0.15) is 0 Å². The minimum Gasteiger partial charge on any atom is -0.389 e. The van der Waals surface area contributed by atoms with Gasteiger partial charge in [0.2, 0.25) is 0 Å². The van der Waals surface area contributed by atoms with E-state index in [1.54, 1.807) is 0 Å². The fraction of sp³-hybridized carbons (Fsp3) is 0.235. The third kappa shape index (κ3) is 3.06. The van der Waals surface area contributed by atoms with Crippen molar-refractivity contribution in [2.24, 2.45) is 5.73 Å². The van der Waals surface area contributed by atoms with Crippen LogP contribution in [0.5, 0.6) is 0 Å². The summed E-state index contributed by atoms with van der Waals surface area (Å²) in [5, 5.41) is 0. The smallest absolute Gasteiger partial charge is 0.103 e. The fourth-order valence-corrected chi connectivity index (χ4v) is 4.07. The number of hydrogen-bond acceptors (Lipinski definition) is 3. The van der Waals surface area contributed by atoms with Crippen LogP contribution in [-0.2, 0) is 0 Å². The van der Waals surface area contributed by atoms with E-state index in [2.05, 4.69) is 48.3 Å². The Morgan fingerprint density at radius 2 is 1.95 bits per heavy atom. The van der Waals surface area contributed by atoms with E-state index in [0.717, 1.165) is 17.9 Å². The van der Waals surface area contributed by atoms with Crippen LogP contribution < -0.4 is 10.6 Å². The van der Waals surface area contributed by atoms with Crippen molar-refractivity contribution < 1.29 is 0 Å². The molecule has 2 nitrogen and oxygen atoms in total. The van der Waals surface area contributed by atoms with Gasteiger partial charge in [0.05, 0.1) is 0 Å². The number of hydrogen-bond donors (Lipinski definition) is 1. The van der Waals surface area contributed by atoms with E-state index in [1.165, 1.54) is 16.1 Å². The molecule has 0 radical (unpaired) electrons. The number of nitrogens with two attached hydrogens (primary N) is 1. The molecule has 2 aromatic rings. The van der Waals surface area contributed by atoms with E-state index in [1.807, 2.05) is 23.9 Å². The predicted molar refractivity (Wildman–Crippen MR) is 95.5 cm³/mol. The number of anilines is 1. The highest BCUT2D eigenvalue weighted by Crippen LogP contribution is 2.39. The Balaban J connectivity index is 1.72. The summed E-state index contributed by atoms with van der Waals surface area (Å²) in [4.78, 5) is 4.18. The van der Waals surface area contributed by atoms with Crippen molar-refractivity contribution in [3.63, 3.8) is 0 Å². The lowest BCUT2D eigenvalue weighted by molar-refractivity contribution is 0.745. The van der Waals surface area contributed by atoms with Crippen LogP contribution in [-0.4, -0.2) is 24.3 Å². The number of rotatable bonds is 4. The molecule has 0 saturated carbocycles. The second-order valence-electron chi connectivity index (χ2n) is 5.34. The normalized spacial score (nSPS) is 16.5. The zero-order chi connectivity index (χ0) is 14.8. The highest BCUT2D eigenvalue weighted by atomic mass is 32.2. The van der Waals surface area contributed by atoms with E-state index < -0.39 is 0 Å². The van der Waals surface area contributed by atoms with Gasteiger partial charge in [-0.15, -0.1) is 11.8 Å². The minimum absolute atomic E-state index is 0.449. The maximum atomic E-state index is 5.64. The van der Waals surface area contributed by atoms with Crippen molar-refractivity contribution >= 4 is 34.7 Å². The van der Waals surface area contributed by atoms with Crippen LogP contribution in [0, 0.1) is 0 Å². The molecule has 1 aliphatic rings. The van der Waals surface area contributed by atoms with E-state index in [-0.39, 0.29) is 0 Å². The standard InChI is InChI=1S/C17H18N2S2/c1-19(14-8-6-12(7-9-14)17(18)20)10-13-11-21-16-5-3-2-4-15(13)16/h2-9,13H,10-11H2,1H3,(H2,18,20). The SMILES string of the molecule is CN(CC1CSc2ccccc21)c1ccc(C(N)=S)cc1. The first kappa shape index (κ1) is 14.4. The van der Waals surface area contributed by atoms with Gasteiger partial charge in [0.25, 0.3) is 0 Å². The molecule has 2 N–H and O–H groups in total. The second kappa shape index (κ2) is 6.08. The van der Waals surface area contributed by atoms with Crippen molar-refractivity contribution in [3.8, 4) is 0 Å². The molecule has 0 aromatic heterocycles. The van der Waals surface area contributed by atoms with Crippen molar-refractivity contribution in [2.75, 3.05) is 24.2 Å². The Kier molecular flexibility index (Phi) is 4.17. The van der Waals surface area contributed by atoms with Gasteiger partial charge in [0, 0.05) is 41.4 Å². The van der Waals surface area contributed by atoms with E-state index in [9.17, 15) is 0 Å².